The van der Waals surface area contributed by atoms with Crippen LogP contribution in [0, 0.1) is 13.8 Å². The summed E-state index contributed by atoms with van der Waals surface area (Å²) in [6.07, 6.45) is 6.11. The van der Waals surface area contributed by atoms with Crippen LogP contribution < -0.4 is 29.1 Å². The van der Waals surface area contributed by atoms with Crippen molar-refractivity contribution in [1.82, 2.24) is 0 Å². The molecule has 4 aromatic rings. The summed E-state index contributed by atoms with van der Waals surface area (Å²) in [6.45, 7) is 14.1. The normalized spacial score (nSPS) is 21.6. The number of para-hydroxylation sites is 2. The van der Waals surface area contributed by atoms with Crippen LogP contribution >= 0.6 is 0 Å². The lowest BCUT2D eigenvalue weighted by Gasteiger charge is -2.38. The molecule has 2 saturated heterocycles. The third-order valence-corrected chi connectivity index (χ3v) is 14.8. The van der Waals surface area contributed by atoms with Gasteiger partial charge in [0.15, 0.2) is 25.0 Å². The molecule has 4 unspecified atom stereocenters. The van der Waals surface area contributed by atoms with Crippen LogP contribution in [0.15, 0.2) is 98.1 Å². The lowest BCUT2D eigenvalue weighted by atomic mass is 10.1. The largest absolute Gasteiger partial charge is 0.493 e. The number of hydrogen-bond acceptors (Lipinski definition) is 14. The number of benzene rings is 4. The molecular weight excluding hydrogens is 1030 g/mol. The third kappa shape index (κ3) is 12.6. The van der Waals surface area contributed by atoms with E-state index in [2.05, 4.69) is 13.2 Å². The van der Waals surface area contributed by atoms with Crippen molar-refractivity contribution in [1.29, 1.82) is 0 Å². The predicted molar refractivity (Wildman–Crippen MR) is 297 cm³/mol. The Kier molecular flexibility index (Phi) is 18.7. The highest BCUT2D eigenvalue weighted by Gasteiger charge is 2.51. The van der Waals surface area contributed by atoms with Crippen LogP contribution in [0.25, 0.3) is 0 Å². The monoisotopic (exact) mass is 1100 g/mol. The number of Topliss-reactive ketones (excluding diaryl/α,β-unsaturated/α-hetero) is 1. The number of carboxylic acids is 1. The van der Waals surface area contributed by atoms with Gasteiger partial charge >= 0.3 is 18.2 Å². The van der Waals surface area contributed by atoms with Crippen molar-refractivity contribution >= 4 is 58.5 Å². The van der Waals surface area contributed by atoms with Crippen molar-refractivity contribution in [3.8, 4) is 11.5 Å². The first-order valence-corrected chi connectivity index (χ1v) is 27.5. The van der Waals surface area contributed by atoms with E-state index in [0.717, 1.165) is 53.7 Å². The molecule has 19 nitrogen and oxygen atoms in total. The van der Waals surface area contributed by atoms with Gasteiger partial charge < -0.3 is 57.6 Å². The van der Waals surface area contributed by atoms with Crippen LogP contribution in [0.1, 0.15) is 114 Å². The van der Waals surface area contributed by atoms with E-state index in [1.54, 1.807) is 41.0 Å². The van der Waals surface area contributed by atoms with Gasteiger partial charge in [-0.3, -0.25) is 14.4 Å². The summed E-state index contributed by atoms with van der Waals surface area (Å²) in [5, 5.41) is 8.98. The van der Waals surface area contributed by atoms with E-state index in [4.69, 9.17) is 43.0 Å². The standard InChI is InChI=1S/C31H36N2O7.C30H34N2O8/c1-4-14-39-31(36)33-25-19-27(37-16-9-10-21(3)34)20(2)17-23(25)29(35)32-24-12-6-5-11-22(24)18-26(32)30(33)40-28-13-7-8-15-38-28;1-3-13-39-30(36)32-23-18-25(37-15-8-11-26(33)34)19(2)16-21(23)28(35)31-22-10-5-4-9-20(22)17-24(31)29(32)40-27-12-6-7-14-38-27/h4-6,11-12,17,19,26,28,30H,1,7-10,13-16,18H2,2-3H3;3-5,9-10,16,18,24,27,29H,1,6-8,11-15,17H2,2H3,(H,33,34)/t26-,28?,30?;24-,27?,29?/m00/s1. The van der Waals surface area contributed by atoms with E-state index >= 15 is 0 Å². The van der Waals surface area contributed by atoms with Crippen molar-refractivity contribution in [3.63, 3.8) is 0 Å². The fraction of sp³-hybridized carbons (Fsp3) is 0.443. The smallest absolute Gasteiger partial charge is 0.416 e. The molecule has 0 aliphatic carbocycles. The van der Waals surface area contributed by atoms with E-state index in [0.29, 0.717) is 104 Å². The zero-order chi connectivity index (χ0) is 56.5. The van der Waals surface area contributed by atoms with Gasteiger partial charge in [-0.1, -0.05) is 61.7 Å². The molecule has 424 valence electrons. The number of aryl methyl sites for hydroxylation is 2. The summed E-state index contributed by atoms with van der Waals surface area (Å²) < 4.78 is 48.0. The molecule has 6 heterocycles. The second-order valence-corrected chi connectivity index (χ2v) is 20.5. The summed E-state index contributed by atoms with van der Waals surface area (Å²) in [5.74, 6) is -0.346. The Morgan fingerprint density at radius 3 is 1.46 bits per heavy atom. The van der Waals surface area contributed by atoms with Crippen LogP contribution in [0.3, 0.4) is 0 Å². The van der Waals surface area contributed by atoms with E-state index in [-0.39, 0.29) is 43.8 Å². The molecule has 0 aromatic heterocycles. The number of nitrogens with zero attached hydrogens (tertiary/aromatic N) is 4. The van der Waals surface area contributed by atoms with E-state index in [1.807, 2.05) is 62.4 Å². The topological polar surface area (TPSA) is 209 Å². The number of hydrogen-bond donors (Lipinski definition) is 1. The van der Waals surface area contributed by atoms with Gasteiger partial charge in [0.2, 0.25) is 0 Å². The van der Waals surface area contributed by atoms with Crippen LogP contribution in [-0.2, 0) is 50.9 Å². The summed E-state index contributed by atoms with van der Waals surface area (Å²) in [4.78, 5) is 84.6. The lowest BCUT2D eigenvalue weighted by molar-refractivity contribution is -0.190. The van der Waals surface area contributed by atoms with E-state index in [1.165, 1.54) is 22.0 Å². The van der Waals surface area contributed by atoms with Crippen LogP contribution in [0.5, 0.6) is 11.5 Å². The Morgan fingerprint density at radius 2 is 1.06 bits per heavy atom. The average Bonchev–Trinajstić information content (AvgIpc) is 4.06. The molecule has 6 atom stereocenters. The number of anilines is 4. The van der Waals surface area contributed by atoms with E-state index < -0.39 is 55.3 Å². The van der Waals surface area contributed by atoms with Gasteiger partial charge in [0.1, 0.15) is 30.5 Å². The second kappa shape index (κ2) is 26.1. The lowest BCUT2D eigenvalue weighted by Crippen LogP contribution is -2.55. The minimum absolute atomic E-state index is 0.000132. The zero-order valence-corrected chi connectivity index (χ0v) is 45.6. The molecule has 1 N–H and O–H groups in total. The third-order valence-electron chi connectivity index (χ3n) is 14.8. The van der Waals surface area contributed by atoms with Gasteiger partial charge in [-0.25, -0.2) is 19.4 Å². The van der Waals surface area contributed by atoms with Gasteiger partial charge in [-0.15, -0.1) is 0 Å². The molecule has 4 aromatic carbocycles. The summed E-state index contributed by atoms with van der Waals surface area (Å²) in [7, 11) is 0. The summed E-state index contributed by atoms with van der Waals surface area (Å²) in [5.41, 5.74) is 6.28. The molecule has 4 amide bonds. The van der Waals surface area contributed by atoms with Crippen molar-refractivity contribution in [2.24, 2.45) is 0 Å². The highest BCUT2D eigenvalue weighted by Crippen LogP contribution is 2.46. The van der Waals surface area contributed by atoms with Crippen LogP contribution in [0.4, 0.5) is 32.3 Å². The first kappa shape index (κ1) is 57.1. The number of rotatable bonds is 18. The number of fused-ring (bicyclic) bond motifs is 8. The number of carbonyl (C=O) groups is 6. The molecule has 19 heteroatoms. The van der Waals surface area contributed by atoms with Crippen LogP contribution in [0.2, 0.25) is 0 Å². The number of ether oxygens (including phenoxy) is 8. The SMILES string of the molecule is C=CCOC(=O)N1c2cc(OCCCC(=O)O)c(C)cc2C(=O)N2c3ccccc3C[C@H]2C1OC1CCCCO1.C=CCOC(=O)N1c2cc(OCCCC(C)=O)c(C)cc2C(=O)N2c3ccccc3C[C@H]2C1OC1CCCCO1. The fourth-order valence-corrected chi connectivity index (χ4v) is 11.1. The molecule has 0 spiro atoms. The van der Waals surface area contributed by atoms with Gasteiger partial charge in [0, 0.05) is 49.6 Å². The molecule has 0 bridgehead atoms. The first-order valence-electron chi connectivity index (χ1n) is 27.5. The maximum absolute atomic E-state index is 14.3. The Labute approximate surface area is 465 Å². The van der Waals surface area contributed by atoms with Gasteiger partial charge in [0.05, 0.1) is 47.8 Å². The van der Waals surface area contributed by atoms with Gasteiger partial charge in [-0.05, 0) is 131 Å². The van der Waals surface area contributed by atoms with Crippen molar-refractivity contribution < 1.29 is 71.8 Å². The molecule has 80 heavy (non-hydrogen) atoms. The van der Waals surface area contributed by atoms with Crippen LogP contribution in [-0.4, -0.2) is 118 Å². The highest BCUT2D eigenvalue weighted by atomic mass is 16.7. The van der Waals surface area contributed by atoms with Crippen molar-refractivity contribution in [3.05, 3.63) is 131 Å². The molecule has 0 radical (unpaired) electrons. The fourth-order valence-electron chi connectivity index (χ4n) is 11.1. The molecule has 0 saturated carbocycles. The van der Waals surface area contributed by atoms with Crippen molar-refractivity contribution in [2.75, 3.05) is 59.2 Å². The predicted octanol–water partition coefficient (Wildman–Crippen LogP) is 10.1. The average molecular weight is 1100 g/mol. The summed E-state index contributed by atoms with van der Waals surface area (Å²) in [6, 6.07) is 21.2. The van der Waals surface area contributed by atoms with E-state index in [9.17, 15) is 28.8 Å². The number of aliphatic carboxylic acids is 1. The maximum atomic E-state index is 14.3. The molecule has 2 fully saturated rings. The summed E-state index contributed by atoms with van der Waals surface area (Å²) >= 11 is 0. The molecule has 6 aliphatic heterocycles. The quantitative estimate of drug-likeness (QED) is 0.0726. The van der Waals surface area contributed by atoms with Crippen molar-refractivity contribution in [2.45, 2.75) is 135 Å². The Morgan fingerprint density at radius 1 is 0.625 bits per heavy atom. The molecular formula is C61H70N4O15. The highest BCUT2D eigenvalue weighted by molar-refractivity contribution is 6.15. The first-order chi connectivity index (χ1) is 38.8. The Hall–Kier alpha value is -7.58. The Balaban J connectivity index is 0.000000194. The second-order valence-electron chi connectivity index (χ2n) is 20.5. The molecule has 6 aliphatic rings. The minimum atomic E-state index is -0.916. The Bertz CT molecular complexity index is 2770. The number of carbonyl (C=O) groups excluding carboxylic acids is 5. The molecule has 10 rings (SSSR count). The maximum Gasteiger partial charge on any atom is 0.416 e. The van der Waals surface area contributed by atoms with Gasteiger partial charge in [-0.2, -0.15) is 0 Å². The van der Waals surface area contributed by atoms with Gasteiger partial charge in [0.25, 0.3) is 11.8 Å². The number of carboxylic acid groups (broad SMARTS) is 1. The number of amides is 4. The minimum Gasteiger partial charge on any atom is -0.493 e. The number of ketones is 1. The zero-order valence-electron chi connectivity index (χ0n) is 45.6.